The van der Waals surface area contributed by atoms with E-state index in [-0.39, 0.29) is 17.6 Å². The van der Waals surface area contributed by atoms with E-state index in [1.165, 1.54) is 13.2 Å². The molecule has 0 saturated heterocycles. The number of likely N-dealkylation sites (N-methyl/N-ethyl adjacent to an activating group) is 1. The van der Waals surface area contributed by atoms with Gasteiger partial charge in [0.2, 0.25) is 0 Å². The average Bonchev–Trinajstić information content (AvgIpc) is 2.46. The van der Waals surface area contributed by atoms with Crippen LogP contribution in [0, 0.1) is 5.82 Å². The zero-order valence-corrected chi connectivity index (χ0v) is 11.1. The molecule has 0 spiro atoms. The Morgan fingerprint density at radius 1 is 1.37 bits per heavy atom. The maximum atomic E-state index is 13.7. The second kappa shape index (κ2) is 6.29. The van der Waals surface area contributed by atoms with Gasteiger partial charge in [0.05, 0.1) is 7.11 Å². The first-order chi connectivity index (χ1) is 9.24. The topological polar surface area (TPSA) is 34.2 Å². The van der Waals surface area contributed by atoms with Gasteiger partial charge in [0.1, 0.15) is 0 Å². The van der Waals surface area contributed by atoms with Crippen LogP contribution in [0.2, 0.25) is 0 Å². The fraction of sp³-hybridized carbons (Fsp3) is 0.267. The third-order valence-corrected chi connectivity index (χ3v) is 3.09. The van der Waals surface area contributed by atoms with Crippen LogP contribution in [0.1, 0.15) is 17.2 Å². The first kappa shape index (κ1) is 13.5. The second-order valence-corrected chi connectivity index (χ2v) is 4.30. The van der Waals surface area contributed by atoms with E-state index < -0.39 is 0 Å². The van der Waals surface area contributed by atoms with Gasteiger partial charge in [0.15, 0.2) is 11.6 Å². The number of ether oxygens (including phenoxy) is 1. The second-order valence-electron chi connectivity index (χ2n) is 4.30. The summed E-state index contributed by atoms with van der Waals surface area (Å²) in [5.41, 5.74) is 2.00. The number of hydrogen-bond donors (Lipinski definition) is 1. The normalized spacial score (nSPS) is 12.2. The summed E-state index contributed by atoms with van der Waals surface area (Å²) in [4.78, 5) is 4.09. The smallest absolute Gasteiger partial charge is 0.165 e. The largest absolute Gasteiger partial charge is 0.494 e. The van der Waals surface area contributed by atoms with Crippen LogP contribution in [0.15, 0.2) is 42.7 Å². The van der Waals surface area contributed by atoms with Crippen molar-refractivity contribution in [3.05, 3.63) is 59.7 Å². The first-order valence-electron chi connectivity index (χ1n) is 6.14. The van der Waals surface area contributed by atoms with Crippen LogP contribution in [0.3, 0.4) is 0 Å². The number of rotatable bonds is 5. The molecule has 2 rings (SSSR count). The summed E-state index contributed by atoms with van der Waals surface area (Å²) >= 11 is 0. The summed E-state index contributed by atoms with van der Waals surface area (Å²) < 4.78 is 18.6. The maximum Gasteiger partial charge on any atom is 0.165 e. The fourth-order valence-electron chi connectivity index (χ4n) is 2.04. The molecule has 4 heteroatoms. The number of nitrogens with one attached hydrogen (secondary N) is 1. The molecule has 2 aromatic rings. The van der Waals surface area contributed by atoms with Crippen molar-refractivity contribution in [1.29, 1.82) is 0 Å². The van der Waals surface area contributed by atoms with E-state index in [4.69, 9.17) is 4.74 Å². The Morgan fingerprint density at radius 3 is 2.79 bits per heavy atom. The molecule has 0 aliphatic rings. The summed E-state index contributed by atoms with van der Waals surface area (Å²) in [6.07, 6.45) is 4.32. The van der Waals surface area contributed by atoms with Gasteiger partial charge in [-0.25, -0.2) is 4.39 Å². The Bertz CT molecular complexity index is 531. The van der Waals surface area contributed by atoms with Gasteiger partial charge in [0.25, 0.3) is 0 Å². The maximum absolute atomic E-state index is 13.7. The van der Waals surface area contributed by atoms with E-state index in [1.807, 2.05) is 31.4 Å². The highest BCUT2D eigenvalue weighted by Gasteiger charge is 2.13. The number of hydrogen-bond acceptors (Lipinski definition) is 3. The van der Waals surface area contributed by atoms with E-state index in [0.717, 1.165) is 17.5 Å². The Labute approximate surface area is 112 Å². The Hall–Kier alpha value is -1.94. The molecule has 0 aliphatic heterocycles. The molecular formula is C15H17FN2O. The number of benzene rings is 1. The lowest BCUT2D eigenvalue weighted by Crippen LogP contribution is -2.19. The molecule has 1 unspecified atom stereocenters. The predicted molar refractivity (Wildman–Crippen MR) is 72.7 cm³/mol. The molecule has 1 aromatic heterocycles. The molecule has 100 valence electrons. The summed E-state index contributed by atoms with van der Waals surface area (Å²) in [7, 11) is 3.33. The summed E-state index contributed by atoms with van der Waals surface area (Å²) in [6, 6.07) is 8.99. The van der Waals surface area contributed by atoms with Crippen LogP contribution >= 0.6 is 0 Å². The van der Waals surface area contributed by atoms with Gasteiger partial charge in [-0.1, -0.05) is 12.1 Å². The molecule has 0 amide bonds. The third kappa shape index (κ3) is 3.29. The van der Waals surface area contributed by atoms with E-state index in [1.54, 1.807) is 12.3 Å². The van der Waals surface area contributed by atoms with E-state index in [9.17, 15) is 4.39 Å². The highest BCUT2D eigenvalue weighted by molar-refractivity contribution is 5.32. The van der Waals surface area contributed by atoms with E-state index in [2.05, 4.69) is 10.3 Å². The quantitative estimate of drug-likeness (QED) is 0.897. The Morgan fingerprint density at radius 2 is 2.21 bits per heavy atom. The van der Waals surface area contributed by atoms with Crippen molar-refractivity contribution in [2.75, 3.05) is 14.2 Å². The summed E-state index contributed by atoms with van der Waals surface area (Å²) in [5.74, 6) is -0.0774. The van der Waals surface area contributed by atoms with Gasteiger partial charge in [-0.15, -0.1) is 0 Å². The molecule has 1 N–H and O–H groups in total. The molecule has 19 heavy (non-hydrogen) atoms. The predicted octanol–water partition coefficient (Wildman–Crippen LogP) is 2.73. The number of aromatic nitrogens is 1. The number of methoxy groups -OCH3 is 1. The van der Waals surface area contributed by atoms with E-state index >= 15 is 0 Å². The van der Waals surface area contributed by atoms with Crippen molar-refractivity contribution in [1.82, 2.24) is 10.3 Å². The lowest BCUT2D eigenvalue weighted by atomic mass is 10.00. The Kier molecular flexibility index (Phi) is 4.47. The van der Waals surface area contributed by atoms with Crippen molar-refractivity contribution in [3.8, 4) is 5.75 Å². The number of nitrogens with zero attached hydrogens (tertiary/aromatic N) is 1. The van der Waals surface area contributed by atoms with Crippen LogP contribution in [0.5, 0.6) is 5.75 Å². The summed E-state index contributed by atoms with van der Waals surface area (Å²) in [5, 5.41) is 3.20. The van der Waals surface area contributed by atoms with Crippen molar-refractivity contribution in [2.24, 2.45) is 0 Å². The van der Waals surface area contributed by atoms with Crippen molar-refractivity contribution in [2.45, 2.75) is 12.5 Å². The van der Waals surface area contributed by atoms with Gasteiger partial charge >= 0.3 is 0 Å². The molecule has 3 nitrogen and oxygen atoms in total. The highest BCUT2D eigenvalue weighted by atomic mass is 19.1. The lowest BCUT2D eigenvalue weighted by Gasteiger charge is -2.17. The number of halogens is 1. The standard InChI is InChI=1S/C15H17FN2O/c1-17-14(8-11-4-3-7-18-10-11)12-5-6-15(19-2)13(16)9-12/h3-7,9-10,14,17H,8H2,1-2H3. The van der Waals surface area contributed by atoms with Crippen molar-refractivity contribution >= 4 is 0 Å². The molecule has 1 aromatic carbocycles. The highest BCUT2D eigenvalue weighted by Crippen LogP contribution is 2.23. The van der Waals surface area contributed by atoms with Crippen LogP contribution in [-0.4, -0.2) is 19.1 Å². The third-order valence-electron chi connectivity index (χ3n) is 3.09. The fourth-order valence-corrected chi connectivity index (χ4v) is 2.04. The van der Waals surface area contributed by atoms with Crippen LogP contribution in [0.25, 0.3) is 0 Å². The van der Waals surface area contributed by atoms with Gasteiger partial charge in [-0.2, -0.15) is 0 Å². The summed E-state index contributed by atoms with van der Waals surface area (Å²) in [6.45, 7) is 0. The number of pyridine rings is 1. The molecule has 0 radical (unpaired) electrons. The average molecular weight is 260 g/mol. The zero-order chi connectivity index (χ0) is 13.7. The van der Waals surface area contributed by atoms with Crippen LogP contribution in [0.4, 0.5) is 4.39 Å². The van der Waals surface area contributed by atoms with Gasteiger partial charge < -0.3 is 10.1 Å². The van der Waals surface area contributed by atoms with Gasteiger partial charge in [-0.05, 0) is 42.8 Å². The monoisotopic (exact) mass is 260 g/mol. The zero-order valence-electron chi connectivity index (χ0n) is 11.1. The van der Waals surface area contributed by atoms with Gasteiger partial charge in [0, 0.05) is 18.4 Å². The SMILES string of the molecule is CNC(Cc1cccnc1)c1ccc(OC)c(F)c1. The molecular weight excluding hydrogens is 243 g/mol. The molecule has 0 bridgehead atoms. The molecule has 0 fully saturated rings. The molecule has 0 saturated carbocycles. The molecule has 1 atom stereocenters. The first-order valence-corrected chi connectivity index (χ1v) is 6.14. The van der Waals surface area contributed by atoms with Gasteiger partial charge in [-0.3, -0.25) is 4.98 Å². The van der Waals surface area contributed by atoms with Crippen molar-refractivity contribution < 1.29 is 9.13 Å². The van der Waals surface area contributed by atoms with Crippen molar-refractivity contribution in [3.63, 3.8) is 0 Å². The molecule has 0 aliphatic carbocycles. The lowest BCUT2D eigenvalue weighted by molar-refractivity contribution is 0.385. The molecule has 1 heterocycles. The van der Waals surface area contributed by atoms with Crippen LogP contribution in [-0.2, 0) is 6.42 Å². The van der Waals surface area contributed by atoms with E-state index in [0.29, 0.717) is 0 Å². The minimum Gasteiger partial charge on any atom is -0.494 e. The minimum absolute atomic E-state index is 0.0459. The Balaban J connectivity index is 2.20. The van der Waals surface area contributed by atoms with Crippen LogP contribution < -0.4 is 10.1 Å². The minimum atomic E-state index is -0.341.